The van der Waals surface area contributed by atoms with Crippen molar-refractivity contribution in [2.24, 2.45) is 0 Å². The van der Waals surface area contributed by atoms with Gasteiger partial charge in [-0.05, 0) is 43.0 Å². The average molecular weight is 462 g/mol. The Hall–Kier alpha value is -2.50. The van der Waals surface area contributed by atoms with Gasteiger partial charge in [0.15, 0.2) is 5.13 Å². The number of nitrogens with zero attached hydrogens (tertiary/aromatic N) is 3. The molecule has 0 atom stereocenters. The third-order valence-electron chi connectivity index (χ3n) is 6.74. The molecule has 1 heterocycles. The van der Waals surface area contributed by atoms with E-state index < -0.39 is 0 Å². The Balaban J connectivity index is 1.54. The summed E-state index contributed by atoms with van der Waals surface area (Å²) >= 11 is 1.55. The largest absolute Gasteiger partial charge is 0.295 e. The van der Waals surface area contributed by atoms with Crippen molar-refractivity contribution in [1.29, 1.82) is 0 Å². The van der Waals surface area contributed by atoms with Gasteiger partial charge in [-0.3, -0.25) is 14.6 Å². The van der Waals surface area contributed by atoms with Crippen LogP contribution in [-0.4, -0.2) is 35.4 Å². The molecule has 3 aromatic rings. The monoisotopic (exact) mass is 461 g/mol. The van der Waals surface area contributed by atoms with Crippen molar-refractivity contribution in [2.45, 2.75) is 58.4 Å². The first kappa shape index (κ1) is 23.7. The number of hydrogen-bond donors (Lipinski definition) is 0. The van der Waals surface area contributed by atoms with Crippen LogP contribution in [0, 0.1) is 0 Å². The predicted octanol–water partition coefficient (Wildman–Crippen LogP) is 6.73. The van der Waals surface area contributed by atoms with Crippen molar-refractivity contribution in [3.63, 3.8) is 0 Å². The quantitative estimate of drug-likeness (QED) is 0.354. The summed E-state index contributed by atoms with van der Waals surface area (Å²) in [5.74, 6) is 0.800. The summed E-state index contributed by atoms with van der Waals surface area (Å²) in [4.78, 5) is 22.2. The van der Waals surface area contributed by atoms with Gasteiger partial charge in [-0.25, -0.2) is 4.98 Å². The molecule has 1 amide bonds. The molecule has 0 spiro atoms. The van der Waals surface area contributed by atoms with E-state index >= 15 is 0 Å². The lowest BCUT2D eigenvalue weighted by molar-refractivity contribution is -0.119. The number of thiazole rings is 1. The smallest absolute Gasteiger partial charge is 0.243 e. The van der Waals surface area contributed by atoms with Crippen LogP contribution in [0.3, 0.4) is 0 Å². The maximum atomic E-state index is 13.3. The lowest BCUT2D eigenvalue weighted by atomic mass is 9.84. The topological polar surface area (TPSA) is 36.4 Å². The molecular formula is C28H35N3OS. The van der Waals surface area contributed by atoms with E-state index in [4.69, 9.17) is 4.98 Å². The van der Waals surface area contributed by atoms with Crippen LogP contribution in [0.25, 0.3) is 11.3 Å². The highest BCUT2D eigenvalue weighted by molar-refractivity contribution is 7.14. The van der Waals surface area contributed by atoms with Gasteiger partial charge in [-0.1, -0.05) is 87.7 Å². The molecule has 0 N–H and O–H groups in total. The fourth-order valence-corrected chi connectivity index (χ4v) is 5.49. The molecule has 4 nitrogen and oxygen atoms in total. The Kier molecular flexibility index (Phi) is 8.30. The van der Waals surface area contributed by atoms with Crippen molar-refractivity contribution in [3.05, 3.63) is 71.1 Å². The van der Waals surface area contributed by atoms with Gasteiger partial charge in [-0.15, -0.1) is 11.3 Å². The van der Waals surface area contributed by atoms with Crippen molar-refractivity contribution in [2.75, 3.05) is 24.5 Å². The Morgan fingerprint density at radius 3 is 2.33 bits per heavy atom. The maximum Gasteiger partial charge on any atom is 0.243 e. The molecule has 1 aliphatic rings. The van der Waals surface area contributed by atoms with Gasteiger partial charge >= 0.3 is 0 Å². The number of carbonyl (C=O) groups excluding carboxylic acids is 1. The normalized spacial score (nSPS) is 14.5. The van der Waals surface area contributed by atoms with Crippen LogP contribution < -0.4 is 4.90 Å². The Morgan fingerprint density at radius 2 is 1.67 bits per heavy atom. The molecule has 174 valence electrons. The van der Waals surface area contributed by atoms with Crippen molar-refractivity contribution in [3.8, 4) is 11.3 Å². The first-order valence-corrected chi connectivity index (χ1v) is 13.2. The van der Waals surface area contributed by atoms with Gasteiger partial charge in [-0.2, -0.15) is 0 Å². The summed E-state index contributed by atoms with van der Waals surface area (Å²) in [5, 5.41) is 2.84. The van der Waals surface area contributed by atoms with Crippen LogP contribution in [0.2, 0.25) is 0 Å². The molecule has 1 fully saturated rings. The van der Waals surface area contributed by atoms with E-state index in [1.165, 1.54) is 37.7 Å². The van der Waals surface area contributed by atoms with Gasteiger partial charge in [0.2, 0.25) is 5.91 Å². The molecule has 1 saturated carbocycles. The molecule has 5 heteroatoms. The molecule has 0 bridgehead atoms. The molecule has 2 aromatic carbocycles. The number of benzene rings is 2. The standard InChI is InChI=1S/C28H35N3OS/c1-3-30(4-2)20-27(32)31(19-22-11-7-5-8-12-22)28-29-26(21-33-28)25-17-15-24(16-18-25)23-13-9-6-10-14-23/h5,7-8,11-12,15-18,21,23H,3-4,6,9-10,13-14,19-20H2,1-2H3. The van der Waals surface area contributed by atoms with Crippen molar-refractivity contribution >= 4 is 22.4 Å². The van der Waals surface area contributed by atoms with Gasteiger partial charge in [0, 0.05) is 10.9 Å². The summed E-state index contributed by atoms with van der Waals surface area (Å²) in [5.41, 5.74) is 4.62. The highest BCUT2D eigenvalue weighted by atomic mass is 32.1. The summed E-state index contributed by atoms with van der Waals surface area (Å²) in [6, 6.07) is 19.1. The van der Waals surface area contributed by atoms with E-state index in [0.29, 0.717) is 19.0 Å². The van der Waals surface area contributed by atoms with E-state index in [0.717, 1.165) is 35.0 Å². The van der Waals surface area contributed by atoms with Gasteiger partial charge < -0.3 is 0 Å². The molecule has 0 aliphatic heterocycles. The number of aromatic nitrogens is 1. The fourth-order valence-electron chi connectivity index (χ4n) is 4.64. The first-order chi connectivity index (χ1) is 16.2. The molecule has 1 aliphatic carbocycles. The number of likely N-dealkylation sites (N-methyl/N-ethyl adjacent to an activating group) is 1. The third kappa shape index (κ3) is 6.10. The van der Waals surface area contributed by atoms with Gasteiger partial charge in [0.25, 0.3) is 0 Å². The number of anilines is 1. The average Bonchev–Trinajstić information content (AvgIpc) is 3.37. The highest BCUT2D eigenvalue weighted by Crippen LogP contribution is 2.34. The van der Waals surface area contributed by atoms with Crippen LogP contribution in [0.1, 0.15) is 63.0 Å². The second-order valence-electron chi connectivity index (χ2n) is 8.90. The van der Waals surface area contributed by atoms with Crippen LogP contribution >= 0.6 is 11.3 Å². The van der Waals surface area contributed by atoms with Crippen LogP contribution in [0.4, 0.5) is 5.13 Å². The van der Waals surface area contributed by atoms with E-state index in [2.05, 4.69) is 60.5 Å². The molecule has 33 heavy (non-hydrogen) atoms. The first-order valence-electron chi connectivity index (χ1n) is 12.3. The van der Waals surface area contributed by atoms with Crippen LogP contribution in [0.5, 0.6) is 0 Å². The van der Waals surface area contributed by atoms with Crippen molar-refractivity contribution in [1.82, 2.24) is 9.88 Å². The van der Waals surface area contributed by atoms with E-state index in [9.17, 15) is 4.79 Å². The predicted molar refractivity (Wildman–Crippen MR) is 139 cm³/mol. The molecule has 0 unspecified atom stereocenters. The van der Waals surface area contributed by atoms with Gasteiger partial charge in [0.05, 0.1) is 18.8 Å². The zero-order valence-electron chi connectivity index (χ0n) is 19.9. The van der Waals surface area contributed by atoms with E-state index in [1.54, 1.807) is 11.3 Å². The lowest BCUT2D eigenvalue weighted by Crippen LogP contribution is -2.40. The number of amides is 1. The zero-order valence-corrected chi connectivity index (χ0v) is 20.7. The number of rotatable bonds is 9. The highest BCUT2D eigenvalue weighted by Gasteiger charge is 2.22. The summed E-state index contributed by atoms with van der Waals surface area (Å²) in [6.45, 7) is 6.85. The number of carbonyl (C=O) groups is 1. The molecule has 4 rings (SSSR count). The summed E-state index contributed by atoms with van der Waals surface area (Å²) < 4.78 is 0. The molecule has 0 saturated heterocycles. The Labute approximate surface area is 202 Å². The fraction of sp³-hybridized carbons (Fsp3) is 0.429. The molecule has 1 aromatic heterocycles. The van der Waals surface area contributed by atoms with E-state index in [-0.39, 0.29) is 5.91 Å². The summed E-state index contributed by atoms with van der Waals surface area (Å²) in [6.07, 6.45) is 6.69. The second kappa shape index (κ2) is 11.6. The molecular weight excluding hydrogens is 426 g/mol. The van der Waals surface area contributed by atoms with Crippen molar-refractivity contribution < 1.29 is 4.79 Å². The zero-order chi connectivity index (χ0) is 23.0. The van der Waals surface area contributed by atoms with Gasteiger partial charge in [0.1, 0.15) is 0 Å². The Bertz CT molecular complexity index is 1010. The Morgan fingerprint density at radius 1 is 0.970 bits per heavy atom. The summed E-state index contributed by atoms with van der Waals surface area (Å²) in [7, 11) is 0. The third-order valence-corrected chi connectivity index (χ3v) is 7.61. The minimum absolute atomic E-state index is 0.0936. The van der Waals surface area contributed by atoms with Crippen LogP contribution in [0.15, 0.2) is 60.0 Å². The number of hydrogen-bond acceptors (Lipinski definition) is 4. The maximum absolute atomic E-state index is 13.3. The minimum Gasteiger partial charge on any atom is -0.295 e. The molecule has 0 radical (unpaired) electrons. The van der Waals surface area contributed by atoms with E-state index in [1.807, 2.05) is 23.1 Å². The second-order valence-corrected chi connectivity index (χ2v) is 9.74. The van der Waals surface area contributed by atoms with Crippen LogP contribution in [-0.2, 0) is 11.3 Å². The minimum atomic E-state index is 0.0936. The lowest BCUT2D eigenvalue weighted by Gasteiger charge is -2.24. The SMILES string of the molecule is CCN(CC)CC(=O)N(Cc1ccccc1)c1nc(-c2ccc(C3CCCCC3)cc2)cs1.